The number of ether oxygens (including phenoxy) is 1. The van der Waals surface area contributed by atoms with Gasteiger partial charge in [-0.1, -0.05) is 24.7 Å². The largest absolute Gasteiger partial charge is 0.379 e. The van der Waals surface area contributed by atoms with Gasteiger partial charge >= 0.3 is 0 Å². The van der Waals surface area contributed by atoms with Gasteiger partial charge in [0.15, 0.2) is 5.13 Å². The third-order valence-corrected chi connectivity index (χ3v) is 10.5. The molecule has 1 aromatic heterocycles. The highest BCUT2D eigenvalue weighted by atomic mass is 32.2. The Bertz CT molecular complexity index is 1390. The summed E-state index contributed by atoms with van der Waals surface area (Å²) in [5, 5.41) is 0.498. The van der Waals surface area contributed by atoms with Crippen LogP contribution in [0.4, 0.5) is 9.52 Å². The first-order chi connectivity index (χ1) is 18.9. The molecule has 2 aliphatic heterocycles. The third-order valence-electron chi connectivity index (χ3n) is 7.53. The maximum Gasteiger partial charge on any atom is 0.260 e. The highest BCUT2D eigenvalue weighted by Gasteiger charge is 2.32. The number of aromatic nitrogens is 1. The van der Waals surface area contributed by atoms with E-state index >= 15 is 0 Å². The number of hydrogen-bond acceptors (Lipinski definition) is 7. The Hall–Kier alpha value is -2.44. The SMILES string of the molecule is CCC1CCCCN1S(=O)(=O)c1ccc(C(=O)N(CCCN2CCOCC2)c2nc3ccc(F)cc3s2)cc1. The highest BCUT2D eigenvalue weighted by molar-refractivity contribution is 7.89. The van der Waals surface area contributed by atoms with Crippen LogP contribution in [0.5, 0.6) is 0 Å². The fourth-order valence-corrected chi connectivity index (χ4v) is 8.10. The van der Waals surface area contributed by atoms with Crippen molar-refractivity contribution in [2.24, 2.45) is 0 Å². The number of carbonyl (C=O) groups excluding carboxylic acids is 1. The number of carbonyl (C=O) groups is 1. The van der Waals surface area contributed by atoms with Gasteiger partial charge in [0.25, 0.3) is 5.91 Å². The van der Waals surface area contributed by atoms with Crippen molar-refractivity contribution in [3.63, 3.8) is 0 Å². The molecule has 2 fully saturated rings. The Labute approximate surface area is 233 Å². The topological polar surface area (TPSA) is 83.1 Å². The van der Waals surface area contributed by atoms with Gasteiger partial charge in [0.05, 0.1) is 28.3 Å². The molecule has 2 saturated heterocycles. The van der Waals surface area contributed by atoms with Crippen LogP contribution in [0.3, 0.4) is 0 Å². The summed E-state index contributed by atoms with van der Waals surface area (Å²) in [6.45, 7) is 6.93. The summed E-state index contributed by atoms with van der Waals surface area (Å²) in [7, 11) is -3.64. The normalized spacial score (nSPS) is 19.4. The highest BCUT2D eigenvalue weighted by Crippen LogP contribution is 2.31. The van der Waals surface area contributed by atoms with Gasteiger partial charge in [-0.2, -0.15) is 4.31 Å². The Morgan fingerprint density at radius 3 is 2.64 bits per heavy atom. The number of thiazole rings is 1. The van der Waals surface area contributed by atoms with E-state index in [2.05, 4.69) is 9.88 Å². The molecular weight excluding hydrogens is 539 g/mol. The van der Waals surface area contributed by atoms with E-state index in [1.807, 2.05) is 6.92 Å². The molecule has 3 heterocycles. The van der Waals surface area contributed by atoms with Crippen LogP contribution in [-0.4, -0.2) is 80.5 Å². The van der Waals surface area contributed by atoms with Gasteiger partial charge in [-0.15, -0.1) is 0 Å². The number of anilines is 1. The third kappa shape index (κ3) is 6.33. The number of piperidine rings is 1. The number of benzene rings is 2. The first kappa shape index (κ1) is 28.1. The monoisotopic (exact) mass is 574 g/mol. The molecule has 0 radical (unpaired) electrons. The van der Waals surface area contributed by atoms with E-state index in [9.17, 15) is 17.6 Å². The average molecular weight is 575 g/mol. The molecule has 5 rings (SSSR count). The van der Waals surface area contributed by atoms with E-state index in [0.717, 1.165) is 51.7 Å². The van der Waals surface area contributed by atoms with Gasteiger partial charge in [0, 0.05) is 44.3 Å². The number of halogens is 1. The summed E-state index contributed by atoms with van der Waals surface area (Å²) in [5.41, 5.74) is 1.02. The predicted octanol–water partition coefficient (Wildman–Crippen LogP) is 4.76. The fraction of sp³-hybridized carbons (Fsp3) is 0.500. The number of amides is 1. The van der Waals surface area contributed by atoms with Gasteiger partial charge < -0.3 is 4.74 Å². The molecule has 1 amide bonds. The Kier molecular flexibility index (Phi) is 8.92. The first-order valence-electron chi connectivity index (χ1n) is 13.7. The second-order valence-corrected chi connectivity index (χ2v) is 13.0. The van der Waals surface area contributed by atoms with Crippen molar-refractivity contribution in [1.29, 1.82) is 0 Å². The van der Waals surface area contributed by atoms with Gasteiger partial charge in [-0.05, 0) is 68.1 Å². The predicted molar refractivity (Wildman–Crippen MR) is 151 cm³/mol. The number of sulfonamides is 1. The Morgan fingerprint density at radius 2 is 1.90 bits per heavy atom. The summed E-state index contributed by atoms with van der Waals surface area (Å²) in [5.74, 6) is -0.608. The van der Waals surface area contributed by atoms with Crippen molar-refractivity contribution >= 4 is 42.6 Å². The molecule has 0 spiro atoms. The average Bonchev–Trinajstić information content (AvgIpc) is 3.38. The van der Waals surface area contributed by atoms with Crippen LogP contribution in [-0.2, 0) is 14.8 Å². The van der Waals surface area contributed by atoms with Crippen molar-refractivity contribution in [2.45, 2.75) is 50.0 Å². The van der Waals surface area contributed by atoms with Gasteiger partial charge in [-0.25, -0.2) is 17.8 Å². The van der Waals surface area contributed by atoms with Gasteiger partial charge in [0.1, 0.15) is 5.82 Å². The molecule has 0 bridgehead atoms. The second-order valence-electron chi connectivity index (χ2n) is 10.1. The molecule has 0 saturated carbocycles. The minimum Gasteiger partial charge on any atom is -0.379 e. The van der Waals surface area contributed by atoms with Crippen LogP contribution >= 0.6 is 11.3 Å². The molecule has 0 N–H and O–H groups in total. The summed E-state index contributed by atoms with van der Waals surface area (Å²) in [6, 6.07) is 10.6. The van der Waals surface area contributed by atoms with Crippen LogP contribution in [0.15, 0.2) is 47.4 Å². The lowest BCUT2D eigenvalue weighted by molar-refractivity contribution is 0.0376. The zero-order valence-corrected chi connectivity index (χ0v) is 23.9. The quantitative estimate of drug-likeness (QED) is 0.367. The Morgan fingerprint density at radius 1 is 1.13 bits per heavy atom. The second kappa shape index (κ2) is 12.4. The molecule has 1 atom stereocenters. The molecule has 8 nitrogen and oxygen atoms in total. The molecule has 11 heteroatoms. The maximum absolute atomic E-state index is 13.8. The van der Waals surface area contributed by atoms with Crippen molar-refractivity contribution in [2.75, 3.05) is 50.8 Å². The lowest BCUT2D eigenvalue weighted by Crippen LogP contribution is -2.43. The smallest absolute Gasteiger partial charge is 0.260 e. The molecule has 3 aromatic rings. The first-order valence-corrected chi connectivity index (χ1v) is 15.9. The molecule has 1 unspecified atom stereocenters. The lowest BCUT2D eigenvalue weighted by Gasteiger charge is -2.34. The number of rotatable bonds is 9. The van der Waals surface area contributed by atoms with Gasteiger partial charge in [-0.3, -0.25) is 14.6 Å². The summed E-state index contributed by atoms with van der Waals surface area (Å²) in [6.07, 6.45) is 4.28. The Balaban J connectivity index is 1.37. The molecule has 39 heavy (non-hydrogen) atoms. The number of hydrogen-bond donors (Lipinski definition) is 0. The van der Waals surface area contributed by atoms with E-state index in [1.165, 1.54) is 35.6 Å². The van der Waals surface area contributed by atoms with E-state index in [4.69, 9.17) is 4.74 Å². The van der Waals surface area contributed by atoms with Crippen LogP contribution in [0, 0.1) is 5.82 Å². The van der Waals surface area contributed by atoms with Crippen molar-refractivity contribution in [1.82, 2.24) is 14.2 Å². The van der Waals surface area contributed by atoms with Crippen LogP contribution < -0.4 is 4.90 Å². The van der Waals surface area contributed by atoms with Crippen LogP contribution in [0.2, 0.25) is 0 Å². The van der Waals surface area contributed by atoms with E-state index in [1.54, 1.807) is 27.4 Å². The van der Waals surface area contributed by atoms with Crippen molar-refractivity contribution < 1.29 is 22.3 Å². The minimum atomic E-state index is -3.64. The number of morpholine rings is 1. The van der Waals surface area contributed by atoms with Crippen molar-refractivity contribution in [3.8, 4) is 0 Å². The lowest BCUT2D eigenvalue weighted by atomic mass is 10.0. The van der Waals surface area contributed by atoms with E-state index in [0.29, 0.717) is 47.2 Å². The van der Waals surface area contributed by atoms with Crippen LogP contribution in [0.25, 0.3) is 10.2 Å². The summed E-state index contributed by atoms with van der Waals surface area (Å²) < 4.78 is 48.3. The van der Waals surface area contributed by atoms with Gasteiger partial charge in [0.2, 0.25) is 10.0 Å². The molecular formula is C28H35FN4O4S2. The molecule has 0 aliphatic carbocycles. The maximum atomic E-state index is 13.8. The van der Waals surface area contributed by atoms with Crippen molar-refractivity contribution in [3.05, 3.63) is 53.8 Å². The molecule has 2 aliphatic rings. The molecule has 210 valence electrons. The summed E-state index contributed by atoms with van der Waals surface area (Å²) in [4.78, 5) is 22.5. The number of fused-ring (bicyclic) bond motifs is 1. The zero-order chi connectivity index (χ0) is 27.4. The summed E-state index contributed by atoms with van der Waals surface area (Å²) >= 11 is 1.28. The fourth-order valence-electron chi connectivity index (χ4n) is 5.32. The molecule has 2 aromatic carbocycles. The minimum absolute atomic E-state index is 0.0101. The van der Waals surface area contributed by atoms with E-state index in [-0.39, 0.29) is 22.7 Å². The van der Waals surface area contributed by atoms with E-state index < -0.39 is 10.0 Å². The number of nitrogens with zero attached hydrogens (tertiary/aromatic N) is 4. The standard InChI is InChI=1S/C28H35FN4O4S2/c1-2-23-6-3-4-15-33(23)39(35,36)24-10-7-21(8-11-24)27(34)32(14-5-13-31-16-18-37-19-17-31)28-30-25-12-9-22(29)20-26(25)38-28/h7-12,20,23H,2-6,13-19H2,1H3. The van der Waals surface area contributed by atoms with Crippen LogP contribution in [0.1, 0.15) is 49.4 Å². The zero-order valence-electron chi connectivity index (χ0n) is 22.2.